The van der Waals surface area contributed by atoms with E-state index in [-0.39, 0.29) is 23.0 Å². The Balaban J connectivity index is 2.24. The van der Waals surface area contributed by atoms with Crippen molar-refractivity contribution < 1.29 is 18.3 Å². The summed E-state index contributed by atoms with van der Waals surface area (Å²) in [4.78, 5) is 11.7. The van der Waals surface area contributed by atoms with Crippen molar-refractivity contribution in [3.8, 4) is 5.75 Å². The van der Waals surface area contributed by atoms with Crippen molar-refractivity contribution in [2.75, 3.05) is 0 Å². The highest BCUT2D eigenvalue weighted by Gasteiger charge is 2.32. The molecule has 0 atom stereocenters. The first-order valence-electron chi connectivity index (χ1n) is 4.76. The Morgan fingerprint density at radius 1 is 1.33 bits per heavy atom. The molecule has 15 heavy (non-hydrogen) atoms. The minimum absolute atomic E-state index is 0.00687. The predicted molar refractivity (Wildman–Crippen MR) is 50.1 cm³/mol. The lowest BCUT2D eigenvalue weighted by molar-refractivity contribution is -0.0501. The van der Waals surface area contributed by atoms with Crippen LogP contribution in [0.5, 0.6) is 5.75 Å². The third-order valence-corrected chi connectivity index (χ3v) is 2.32. The normalized spacial score (nSPS) is 15.4. The third kappa shape index (κ3) is 2.32. The number of ether oxygens (including phenoxy) is 1. The topological polar surface area (TPSA) is 26.3 Å². The molecule has 1 aliphatic carbocycles. The quantitative estimate of drug-likeness (QED) is 0.717. The molecule has 80 valence electrons. The summed E-state index contributed by atoms with van der Waals surface area (Å²) in [5.74, 6) is -0.108. The second-order valence-electron chi connectivity index (χ2n) is 3.51. The van der Waals surface area contributed by atoms with Crippen LogP contribution in [0.2, 0.25) is 0 Å². The van der Waals surface area contributed by atoms with E-state index in [0.29, 0.717) is 0 Å². The molecule has 0 spiro atoms. The zero-order chi connectivity index (χ0) is 10.8. The van der Waals surface area contributed by atoms with Gasteiger partial charge in [-0.3, -0.25) is 4.79 Å². The van der Waals surface area contributed by atoms with Gasteiger partial charge in [-0.05, 0) is 25.0 Å². The number of rotatable bonds is 4. The number of hydrogen-bond donors (Lipinski definition) is 0. The van der Waals surface area contributed by atoms with Crippen LogP contribution in [-0.4, -0.2) is 12.4 Å². The van der Waals surface area contributed by atoms with E-state index in [0.717, 1.165) is 12.8 Å². The fourth-order valence-corrected chi connectivity index (χ4v) is 1.43. The number of Topliss-reactive ketones (excluding diaryl/α,β-unsaturated/α-hetero) is 1. The van der Waals surface area contributed by atoms with Crippen molar-refractivity contribution in [1.29, 1.82) is 0 Å². The minimum atomic E-state index is -2.89. The highest BCUT2D eigenvalue weighted by Crippen LogP contribution is 2.35. The maximum absolute atomic E-state index is 12.0. The molecule has 0 unspecified atom stereocenters. The average molecular weight is 212 g/mol. The van der Waals surface area contributed by atoms with E-state index in [4.69, 9.17) is 0 Å². The van der Waals surface area contributed by atoms with Crippen LogP contribution in [0.3, 0.4) is 0 Å². The standard InChI is InChI=1S/C11H10F2O2/c12-11(13)15-9-4-2-1-3-8(9)10(14)7-5-6-7/h1-4,7,11H,5-6H2. The Morgan fingerprint density at radius 3 is 2.60 bits per heavy atom. The number of hydrogen-bond acceptors (Lipinski definition) is 2. The summed E-state index contributed by atoms with van der Waals surface area (Å²) < 4.78 is 28.4. The lowest BCUT2D eigenvalue weighted by Crippen LogP contribution is -2.08. The Bertz CT molecular complexity index is 373. The van der Waals surface area contributed by atoms with Gasteiger partial charge in [0.15, 0.2) is 5.78 Å². The molecule has 1 saturated carbocycles. The molecule has 1 aromatic carbocycles. The summed E-state index contributed by atoms with van der Waals surface area (Å²) in [5, 5.41) is 0. The maximum atomic E-state index is 12.0. The van der Waals surface area contributed by atoms with Gasteiger partial charge < -0.3 is 4.74 Å². The Hall–Kier alpha value is -1.45. The Kier molecular flexibility index (Phi) is 2.66. The van der Waals surface area contributed by atoms with Crippen LogP contribution < -0.4 is 4.74 Å². The zero-order valence-electron chi connectivity index (χ0n) is 7.95. The lowest BCUT2D eigenvalue weighted by Gasteiger charge is -2.08. The van der Waals surface area contributed by atoms with Gasteiger partial charge in [-0.2, -0.15) is 8.78 Å². The van der Waals surface area contributed by atoms with Crippen LogP contribution in [0.25, 0.3) is 0 Å². The molecule has 1 fully saturated rings. The zero-order valence-corrected chi connectivity index (χ0v) is 7.95. The fourth-order valence-electron chi connectivity index (χ4n) is 1.43. The van der Waals surface area contributed by atoms with Gasteiger partial charge in [-0.15, -0.1) is 0 Å². The summed E-state index contributed by atoms with van der Waals surface area (Å²) in [6.45, 7) is -2.89. The van der Waals surface area contributed by atoms with Gasteiger partial charge in [0.25, 0.3) is 0 Å². The van der Waals surface area contributed by atoms with Gasteiger partial charge in [0, 0.05) is 5.92 Å². The van der Waals surface area contributed by atoms with Crippen molar-refractivity contribution in [2.24, 2.45) is 5.92 Å². The molecule has 4 heteroatoms. The van der Waals surface area contributed by atoms with E-state index >= 15 is 0 Å². The number of carbonyl (C=O) groups excluding carboxylic acids is 1. The Morgan fingerprint density at radius 2 is 2.00 bits per heavy atom. The molecule has 0 bridgehead atoms. The number of para-hydroxylation sites is 1. The number of ketones is 1. The summed E-state index contributed by atoms with van der Waals surface area (Å²) in [6, 6.07) is 6.13. The van der Waals surface area contributed by atoms with Crippen LogP contribution in [-0.2, 0) is 0 Å². The molecule has 0 aliphatic heterocycles. The first-order chi connectivity index (χ1) is 7.18. The highest BCUT2D eigenvalue weighted by molar-refractivity contribution is 6.01. The van der Waals surface area contributed by atoms with E-state index in [9.17, 15) is 13.6 Å². The number of carbonyl (C=O) groups is 1. The van der Waals surface area contributed by atoms with Crippen LogP contribution in [0.4, 0.5) is 8.78 Å². The third-order valence-electron chi connectivity index (χ3n) is 2.32. The summed E-state index contributed by atoms with van der Waals surface area (Å²) in [7, 11) is 0. The fraction of sp³-hybridized carbons (Fsp3) is 0.364. The summed E-state index contributed by atoms with van der Waals surface area (Å²) >= 11 is 0. The molecule has 0 aromatic heterocycles. The average Bonchev–Trinajstić information content (AvgIpc) is 3.00. The molecule has 0 radical (unpaired) electrons. The van der Waals surface area contributed by atoms with Gasteiger partial charge in [0.05, 0.1) is 5.56 Å². The maximum Gasteiger partial charge on any atom is 0.387 e. The van der Waals surface area contributed by atoms with E-state index in [2.05, 4.69) is 4.74 Å². The molecule has 0 heterocycles. The minimum Gasteiger partial charge on any atom is -0.434 e. The van der Waals surface area contributed by atoms with Crippen LogP contribution in [0.15, 0.2) is 24.3 Å². The summed E-state index contributed by atoms with van der Waals surface area (Å²) in [5.41, 5.74) is 0.264. The largest absolute Gasteiger partial charge is 0.434 e. The lowest BCUT2D eigenvalue weighted by atomic mass is 10.1. The summed E-state index contributed by atoms with van der Waals surface area (Å²) in [6.07, 6.45) is 1.70. The van der Waals surface area contributed by atoms with Crippen molar-refractivity contribution in [1.82, 2.24) is 0 Å². The molecule has 0 amide bonds. The molecule has 1 aliphatic rings. The molecule has 2 rings (SSSR count). The molecule has 0 saturated heterocycles. The van der Waals surface area contributed by atoms with Crippen LogP contribution in [0, 0.1) is 5.92 Å². The van der Waals surface area contributed by atoms with Crippen LogP contribution in [0.1, 0.15) is 23.2 Å². The molecular weight excluding hydrogens is 202 g/mol. The van der Waals surface area contributed by atoms with Gasteiger partial charge in [0.2, 0.25) is 0 Å². The van der Waals surface area contributed by atoms with Gasteiger partial charge in [-0.1, -0.05) is 12.1 Å². The van der Waals surface area contributed by atoms with E-state index in [1.165, 1.54) is 12.1 Å². The molecule has 1 aromatic rings. The van der Waals surface area contributed by atoms with Crippen molar-refractivity contribution >= 4 is 5.78 Å². The van der Waals surface area contributed by atoms with Crippen molar-refractivity contribution in [3.63, 3.8) is 0 Å². The molecule has 2 nitrogen and oxygen atoms in total. The van der Waals surface area contributed by atoms with E-state index in [1.807, 2.05) is 0 Å². The smallest absolute Gasteiger partial charge is 0.387 e. The second kappa shape index (κ2) is 3.96. The first-order valence-corrected chi connectivity index (χ1v) is 4.76. The number of alkyl halides is 2. The molecular formula is C11H10F2O2. The Labute approximate surface area is 85.9 Å². The second-order valence-corrected chi connectivity index (χ2v) is 3.51. The SMILES string of the molecule is O=C(c1ccccc1OC(F)F)C1CC1. The molecule has 0 N–H and O–H groups in total. The monoisotopic (exact) mass is 212 g/mol. The van der Waals surface area contributed by atoms with Gasteiger partial charge in [0.1, 0.15) is 5.75 Å². The highest BCUT2D eigenvalue weighted by atomic mass is 19.3. The van der Waals surface area contributed by atoms with E-state index in [1.54, 1.807) is 12.1 Å². The van der Waals surface area contributed by atoms with Gasteiger partial charge in [-0.25, -0.2) is 0 Å². The van der Waals surface area contributed by atoms with Crippen molar-refractivity contribution in [2.45, 2.75) is 19.5 Å². The van der Waals surface area contributed by atoms with Crippen molar-refractivity contribution in [3.05, 3.63) is 29.8 Å². The number of benzene rings is 1. The van der Waals surface area contributed by atoms with Crippen LogP contribution >= 0.6 is 0 Å². The number of halogens is 2. The van der Waals surface area contributed by atoms with E-state index < -0.39 is 6.61 Å². The van der Waals surface area contributed by atoms with Gasteiger partial charge >= 0.3 is 6.61 Å². The predicted octanol–water partition coefficient (Wildman–Crippen LogP) is 2.88. The first kappa shape index (κ1) is 10.1.